The van der Waals surface area contributed by atoms with E-state index in [0.717, 1.165) is 36.8 Å². The van der Waals surface area contributed by atoms with Gasteiger partial charge in [-0.3, -0.25) is 4.98 Å². The zero-order valence-corrected chi connectivity index (χ0v) is 17.3. The van der Waals surface area contributed by atoms with Crippen LogP contribution in [0, 0.1) is 12.8 Å². The van der Waals surface area contributed by atoms with E-state index in [1.807, 2.05) is 20.8 Å². The van der Waals surface area contributed by atoms with Gasteiger partial charge in [0, 0.05) is 11.9 Å². The average molecular weight is 386 g/mol. The van der Waals surface area contributed by atoms with Crippen LogP contribution in [0.4, 0.5) is 5.95 Å². The fourth-order valence-corrected chi connectivity index (χ4v) is 2.32. The Morgan fingerprint density at radius 3 is 2.39 bits per heavy atom. The van der Waals surface area contributed by atoms with Crippen LogP contribution in [0.1, 0.15) is 50.8 Å². The van der Waals surface area contributed by atoms with Crippen molar-refractivity contribution in [2.45, 2.75) is 53.0 Å². The summed E-state index contributed by atoms with van der Waals surface area (Å²) in [5.74, 6) is 3.31. The van der Waals surface area contributed by atoms with Gasteiger partial charge >= 0.3 is 32.7 Å². The predicted octanol–water partition coefficient (Wildman–Crippen LogP) is 3.96. The Labute approximate surface area is 164 Å². The molecule has 1 aromatic carbocycles. The summed E-state index contributed by atoms with van der Waals surface area (Å²) in [7, 11) is 0. The van der Waals surface area contributed by atoms with E-state index >= 15 is 0 Å². The molecule has 23 heavy (non-hydrogen) atoms. The zero-order valence-electron chi connectivity index (χ0n) is 14.5. The van der Waals surface area contributed by atoms with Crippen molar-refractivity contribution in [1.29, 1.82) is 0 Å². The van der Waals surface area contributed by atoms with Crippen LogP contribution in [-0.2, 0) is 39.1 Å². The molecule has 0 fully saturated rings. The first kappa shape index (κ1) is 20.0. The summed E-state index contributed by atoms with van der Waals surface area (Å²) in [5.41, 5.74) is 1.37. The van der Waals surface area contributed by atoms with Gasteiger partial charge in [-0.15, -0.1) is 0 Å². The van der Waals surface area contributed by atoms with Crippen molar-refractivity contribution in [3.8, 4) is 0 Å². The van der Waals surface area contributed by atoms with E-state index in [1.54, 1.807) is 0 Å². The number of nitrogens with one attached hydrogen (secondary N) is 1. The van der Waals surface area contributed by atoms with Crippen molar-refractivity contribution in [2.75, 3.05) is 5.32 Å². The van der Waals surface area contributed by atoms with Crippen molar-refractivity contribution >= 4 is 5.95 Å². The summed E-state index contributed by atoms with van der Waals surface area (Å²) in [4.78, 5) is 13.3. The Bertz CT molecular complexity index is 587. The monoisotopic (exact) mass is 386 g/mol. The van der Waals surface area contributed by atoms with Gasteiger partial charge in [-0.2, -0.15) is 18.8 Å². The number of rotatable bonds is 7. The van der Waals surface area contributed by atoms with E-state index in [2.05, 4.69) is 57.5 Å². The number of aryl methyl sites for hydroxylation is 2. The molecular formula is C18H25N4Y+2. The third-order valence-corrected chi connectivity index (χ3v) is 3.64. The first-order valence-electron chi connectivity index (χ1n) is 7.92. The molecule has 2 rings (SSSR count). The molecule has 1 aromatic heterocycles. The van der Waals surface area contributed by atoms with Gasteiger partial charge in [0.2, 0.25) is 5.95 Å². The molecule has 0 bridgehead atoms. The molecular weight excluding hydrogens is 361 g/mol. The van der Waals surface area contributed by atoms with E-state index in [4.69, 9.17) is 0 Å². The van der Waals surface area contributed by atoms with Gasteiger partial charge in [0.15, 0.2) is 0 Å². The van der Waals surface area contributed by atoms with Crippen LogP contribution in [0.2, 0.25) is 0 Å². The van der Waals surface area contributed by atoms with Gasteiger partial charge in [0.1, 0.15) is 5.82 Å². The minimum atomic E-state index is 0. The van der Waals surface area contributed by atoms with Gasteiger partial charge in [-0.25, -0.2) is 4.98 Å². The Morgan fingerprint density at radius 2 is 1.78 bits per heavy atom. The molecule has 0 saturated heterocycles. The van der Waals surface area contributed by atoms with Crippen LogP contribution in [0.3, 0.4) is 0 Å². The van der Waals surface area contributed by atoms with Crippen molar-refractivity contribution in [1.82, 2.24) is 15.0 Å². The molecule has 1 N–H and O–H groups in total. The number of benzene rings is 1. The Kier molecular flexibility index (Phi) is 8.71. The van der Waals surface area contributed by atoms with Gasteiger partial charge < -0.3 is 11.2 Å². The first-order valence-corrected chi connectivity index (χ1v) is 7.92. The number of nitrogens with zero attached hydrogens (tertiary/aromatic N) is 3. The smallest absolute Gasteiger partial charge is 0.351 e. The van der Waals surface area contributed by atoms with Gasteiger partial charge in [0.25, 0.3) is 0 Å². The molecule has 4 nitrogen and oxygen atoms in total. The second-order valence-corrected chi connectivity index (χ2v) is 5.80. The quantitative estimate of drug-likeness (QED) is 0.732. The Morgan fingerprint density at radius 1 is 1.09 bits per heavy atom. The second kappa shape index (κ2) is 9.99. The molecule has 0 aliphatic heterocycles. The van der Waals surface area contributed by atoms with E-state index in [-0.39, 0.29) is 32.7 Å². The molecule has 0 saturated carbocycles. The zero-order chi connectivity index (χ0) is 15.9. The maximum atomic E-state index is 4.51. The van der Waals surface area contributed by atoms with E-state index in [1.165, 1.54) is 5.56 Å². The van der Waals surface area contributed by atoms with Crippen LogP contribution in [0.15, 0.2) is 30.3 Å². The topological polar surface area (TPSA) is 50.7 Å². The van der Waals surface area contributed by atoms with Crippen molar-refractivity contribution in [2.24, 2.45) is 0 Å². The predicted molar refractivity (Wildman–Crippen MR) is 90.7 cm³/mol. The number of hydrogen-bond donors (Lipinski definition) is 1. The second-order valence-electron chi connectivity index (χ2n) is 5.80. The molecule has 0 aliphatic rings. The first-order chi connectivity index (χ1) is 10.6. The minimum absolute atomic E-state index is 0. The maximum Gasteiger partial charge on any atom is 3.00 e. The summed E-state index contributed by atoms with van der Waals surface area (Å²) in [6, 6.07) is 10.9. The van der Waals surface area contributed by atoms with Crippen LogP contribution >= 0.6 is 0 Å². The number of hydrogen-bond acceptors (Lipinski definition) is 4. The van der Waals surface area contributed by atoms with Crippen LogP contribution in [0.25, 0.3) is 0 Å². The summed E-state index contributed by atoms with van der Waals surface area (Å²) < 4.78 is 0. The Hall–Kier alpha value is -0.996. The molecule has 0 amide bonds. The molecule has 5 heteroatoms. The van der Waals surface area contributed by atoms with Crippen molar-refractivity contribution < 1.29 is 32.7 Å². The van der Waals surface area contributed by atoms with E-state index in [0.29, 0.717) is 12.0 Å². The minimum Gasteiger partial charge on any atom is -0.351 e. The molecule has 1 heterocycles. The molecule has 0 radical (unpaired) electrons. The standard InChI is InChI=1S/C18H25N4.Y/c1-5-16(12-11-15-9-7-6-8-10-15)21-18-20-14(4)19-17(22-18)13(2)3;/h6-10,16H,5,11-12H2,1-4H3,(H,19,20,21,22);/q-1;+3. The van der Waals surface area contributed by atoms with Crippen molar-refractivity contribution in [3.05, 3.63) is 53.5 Å². The van der Waals surface area contributed by atoms with Gasteiger partial charge in [-0.1, -0.05) is 37.3 Å². The van der Waals surface area contributed by atoms with E-state index in [9.17, 15) is 0 Å². The molecule has 118 valence electrons. The SMILES string of the molecule is CCC(CCc1ccccc1)Nc1nc(C)nc([C-](C)C)n1.[Y+3]. The average Bonchev–Trinajstić information content (AvgIpc) is 2.51. The number of anilines is 1. The molecule has 0 aliphatic carbocycles. The fraction of sp³-hybridized carbons (Fsp3) is 0.444. The Balaban J connectivity index is 0.00000264. The summed E-state index contributed by atoms with van der Waals surface area (Å²) in [6.07, 6.45) is 3.17. The van der Waals surface area contributed by atoms with Crippen LogP contribution < -0.4 is 5.32 Å². The normalized spacial score (nSPS) is 11.5. The van der Waals surface area contributed by atoms with Crippen LogP contribution in [0.5, 0.6) is 0 Å². The molecule has 1 atom stereocenters. The largest absolute Gasteiger partial charge is 3.00 e. The third kappa shape index (κ3) is 6.56. The third-order valence-electron chi connectivity index (χ3n) is 3.64. The molecule has 1 unspecified atom stereocenters. The molecule has 0 spiro atoms. The van der Waals surface area contributed by atoms with Gasteiger partial charge in [-0.05, 0) is 31.7 Å². The fourth-order valence-electron chi connectivity index (χ4n) is 2.32. The van der Waals surface area contributed by atoms with Crippen molar-refractivity contribution in [3.63, 3.8) is 0 Å². The summed E-state index contributed by atoms with van der Waals surface area (Å²) >= 11 is 0. The number of aromatic nitrogens is 3. The summed E-state index contributed by atoms with van der Waals surface area (Å²) in [6.45, 7) is 8.13. The van der Waals surface area contributed by atoms with Crippen LogP contribution in [-0.4, -0.2) is 21.0 Å². The van der Waals surface area contributed by atoms with Gasteiger partial charge in [0.05, 0.1) is 0 Å². The maximum absolute atomic E-state index is 4.51. The van der Waals surface area contributed by atoms with E-state index < -0.39 is 0 Å². The summed E-state index contributed by atoms with van der Waals surface area (Å²) in [5, 5.41) is 3.46. The molecule has 2 aromatic rings.